The molecule has 3 aromatic carbocycles. The minimum absolute atomic E-state index is 0.293. The van der Waals surface area contributed by atoms with Crippen molar-refractivity contribution in [2.75, 3.05) is 34.2 Å². The van der Waals surface area contributed by atoms with Crippen LogP contribution in [0.25, 0.3) is 0 Å². The Hall–Kier alpha value is -4.65. The summed E-state index contributed by atoms with van der Waals surface area (Å²) in [6.07, 6.45) is -1.56. The third kappa shape index (κ3) is 7.92. The van der Waals surface area contributed by atoms with E-state index in [1.54, 1.807) is 61.0 Å². The number of benzene rings is 3. The lowest BCUT2D eigenvalue weighted by atomic mass is 10.2. The topological polar surface area (TPSA) is 108 Å². The first-order valence-electron chi connectivity index (χ1n) is 11.4. The number of aromatic nitrogens is 2. The zero-order valence-corrected chi connectivity index (χ0v) is 21.5. The molecule has 0 fully saturated rings. The molecule has 0 aliphatic carbocycles. The van der Waals surface area contributed by atoms with E-state index in [2.05, 4.69) is 30.7 Å². The van der Waals surface area contributed by atoms with E-state index in [0.717, 1.165) is 17.8 Å². The quantitative estimate of drug-likeness (QED) is 0.235. The molecule has 9 nitrogen and oxygen atoms in total. The van der Waals surface area contributed by atoms with Crippen LogP contribution >= 0.6 is 0 Å². The zero-order valence-electron chi connectivity index (χ0n) is 20.7. The van der Waals surface area contributed by atoms with E-state index in [-0.39, 0.29) is 5.75 Å². The van der Waals surface area contributed by atoms with Crippen LogP contribution in [0.4, 0.5) is 52.5 Å². The second-order valence-electron chi connectivity index (χ2n) is 8.10. The number of hydrogen-bond acceptors (Lipinski definition) is 7. The van der Waals surface area contributed by atoms with Gasteiger partial charge in [-0.3, -0.25) is 4.21 Å². The van der Waals surface area contributed by atoms with Gasteiger partial charge in [0, 0.05) is 57.9 Å². The monoisotopic (exact) mass is 556 g/mol. The van der Waals surface area contributed by atoms with Gasteiger partial charge in [-0.15, -0.1) is 13.2 Å². The second-order valence-corrected chi connectivity index (χ2v) is 9.48. The summed E-state index contributed by atoms with van der Waals surface area (Å²) in [5, 5.41) is 8.32. The Bertz CT molecular complexity index is 1470. The Balaban J connectivity index is 1.36. The first kappa shape index (κ1) is 27.4. The SMILES string of the molecule is CN(c1ccc(NC(=O)Nc2ccc(OC(F)(F)F)cc2)cc1)c1ccnc(Nc2cccc(S(C)=O)c2)n1. The predicted molar refractivity (Wildman–Crippen MR) is 144 cm³/mol. The van der Waals surface area contributed by atoms with Gasteiger partial charge in [0.05, 0.1) is 0 Å². The van der Waals surface area contributed by atoms with E-state index >= 15 is 0 Å². The van der Waals surface area contributed by atoms with Crippen molar-refractivity contribution in [2.24, 2.45) is 0 Å². The van der Waals surface area contributed by atoms with Crippen LogP contribution < -0.4 is 25.6 Å². The molecule has 1 aromatic heterocycles. The molecule has 0 saturated carbocycles. The minimum atomic E-state index is -4.79. The van der Waals surface area contributed by atoms with Crippen LogP contribution in [0.2, 0.25) is 0 Å². The summed E-state index contributed by atoms with van der Waals surface area (Å²) in [6.45, 7) is 0. The van der Waals surface area contributed by atoms with Crippen molar-refractivity contribution in [3.8, 4) is 5.75 Å². The molecule has 1 heterocycles. The van der Waals surface area contributed by atoms with Crippen molar-refractivity contribution in [3.63, 3.8) is 0 Å². The summed E-state index contributed by atoms with van der Waals surface area (Å²) >= 11 is 0. The van der Waals surface area contributed by atoms with Crippen LogP contribution in [0.15, 0.2) is 90.0 Å². The molecule has 3 N–H and O–H groups in total. The van der Waals surface area contributed by atoms with Gasteiger partial charge in [-0.25, -0.2) is 9.78 Å². The van der Waals surface area contributed by atoms with Gasteiger partial charge in [-0.1, -0.05) is 6.07 Å². The van der Waals surface area contributed by atoms with Crippen LogP contribution in [0.3, 0.4) is 0 Å². The summed E-state index contributed by atoms with van der Waals surface area (Å²) in [7, 11) is 0.715. The molecule has 0 saturated heterocycles. The summed E-state index contributed by atoms with van der Waals surface area (Å²) in [6, 6.07) is 20.1. The van der Waals surface area contributed by atoms with E-state index in [4.69, 9.17) is 0 Å². The highest BCUT2D eigenvalue weighted by atomic mass is 32.2. The van der Waals surface area contributed by atoms with Crippen LogP contribution in [0, 0.1) is 0 Å². The van der Waals surface area contributed by atoms with Gasteiger partial charge in [0.15, 0.2) is 0 Å². The van der Waals surface area contributed by atoms with Crippen LogP contribution in [-0.4, -0.2) is 39.9 Å². The third-order valence-corrected chi connectivity index (χ3v) is 6.18. The highest BCUT2D eigenvalue weighted by molar-refractivity contribution is 7.84. The maximum atomic E-state index is 12.3. The number of hydrogen-bond donors (Lipinski definition) is 3. The van der Waals surface area contributed by atoms with Gasteiger partial charge in [0.25, 0.3) is 0 Å². The number of carbonyl (C=O) groups excluding carboxylic acids is 1. The van der Waals surface area contributed by atoms with Crippen molar-refractivity contribution in [2.45, 2.75) is 11.3 Å². The number of amides is 2. The largest absolute Gasteiger partial charge is 0.573 e. The van der Waals surface area contributed by atoms with Crippen LogP contribution in [0.1, 0.15) is 0 Å². The summed E-state index contributed by atoms with van der Waals surface area (Å²) in [5.74, 6) is 0.591. The molecule has 0 bridgehead atoms. The summed E-state index contributed by atoms with van der Waals surface area (Å²) in [5.41, 5.74) is 2.29. The summed E-state index contributed by atoms with van der Waals surface area (Å²) < 4.78 is 52.4. The Morgan fingerprint density at radius 3 is 2.18 bits per heavy atom. The molecule has 0 radical (unpaired) electrons. The van der Waals surface area contributed by atoms with E-state index < -0.39 is 23.2 Å². The zero-order chi connectivity index (χ0) is 28.0. The number of nitrogens with one attached hydrogen (secondary N) is 3. The highest BCUT2D eigenvalue weighted by Gasteiger charge is 2.31. The van der Waals surface area contributed by atoms with E-state index in [9.17, 15) is 22.2 Å². The maximum absolute atomic E-state index is 12.3. The minimum Gasteiger partial charge on any atom is -0.406 e. The molecular weight excluding hydrogens is 533 g/mol. The number of ether oxygens (including phenoxy) is 1. The van der Waals surface area contributed by atoms with Crippen molar-refractivity contribution in [3.05, 3.63) is 85.1 Å². The standard InChI is InChI=1S/C26H23F3N6O3S/c1-35(23-14-15-30-24(34-23)31-19-4-3-5-22(16-19)39(2)37)20-10-6-17(7-11-20)32-25(36)33-18-8-12-21(13-9-18)38-26(27,28)29/h3-16H,1-2H3,(H,30,31,34)(H2,32,33,36). The molecular formula is C26H23F3N6O3S. The lowest BCUT2D eigenvalue weighted by Crippen LogP contribution is -2.20. The van der Waals surface area contributed by atoms with Crippen LogP contribution in [-0.2, 0) is 10.8 Å². The first-order chi connectivity index (χ1) is 18.6. The van der Waals surface area contributed by atoms with Gasteiger partial charge in [0.1, 0.15) is 11.6 Å². The van der Waals surface area contributed by atoms with Crippen molar-refractivity contribution in [1.29, 1.82) is 0 Å². The molecule has 2 amide bonds. The van der Waals surface area contributed by atoms with Gasteiger partial charge in [-0.2, -0.15) is 4.98 Å². The average molecular weight is 557 g/mol. The maximum Gasteiger partial charge on any atom is 0.573 e. The molecule has 4 aromatic rings. The van der Waals surface area contributed by atoms with Gasteiger partial charge in [-0.05, 0) is 72.8 Å². The number of anilines is 6. The first-order valence-corrected chi connectivity index (χ1v) is 12.9. The molecule has 202 valence electrons. The Morgan fingerprint density at radius 1 is 0.923 bits per heavy atom. The smallest absolute Gasteiger partial charge is 0.406 e. The third-order valence-electron chi connectivity index (χ3n) is 5.26. The van der Waals surface area contributed by atoms with Gasteiger partial charge >= 0.3 is 12.4 Å². The summed E-state index contributed by atoms with van der Waals surface area (Å²) in [4.78, 5) is 23.6. The van der Waals surface area contributed by atoms with Crippen molar-refractivity contribution < 1.29 is 26.9 Å². The molecule has 0 spiro atoms. The van der Waals surface area contributed by atoms with Gasteiger partial charge in [0.2, 0.25) is 5.95 Å². The number of halogens is 3. The number of alkyl halides is 3. The predicted octanol–water partition coefficient (Wildman–Crippen LogP) is 6.27. The lowest BCUT2D eigenvalue weighted by Gasteiger charge is -2.19. The highest BCUT2D eigenvalue weighted by Crippen LogP contribution is 2.26. The lowest BCUT2D eigenvalue weighted by molar-refractivity contribution is -0.274. The Kier molecular flexibility index (Phi) is 8.30. The number of carbonyl (C=O) groups is 1. The average Bonchev–Trinajstić information content (AvgIpc) is 2.89. The van der Waals surface area contributed by atoms with Crippen molar-refractivity contribution in [1.82, 2.24) is 9.97 Å². The molecule has 13 heteroatoms. The fraction of sp³-hybridized carbons (Fsp3) is 0.115. The fourth-order valence-corrected chi connectivity index (χ4v) is 3.98. The normalized spacial score (nSPS) is 11.8. The fourth-order valence-electron chi connectivity index (χ4n) is 3.41. The van der Waals surface area contributed by atoms with E-state index in [1.165, 1.54) is 12.1 Å². The Morgan fingerprint density at radius 2 is 1.56 bits per heavy atom. The van der Waals surface area contributed by atoms with Crippen LogP contribution in [0.5, 0.6) is 5.75 Å². The van der Waals surface area contributed by atoms with Crippen molar-refractivity contribution >= 4 is 51.3 Å². The Labute approximate surface area is 224 Å². The second kappa shape index (κ2) is 11.8. The van der Waals surface area contributed by atoms with E-state index in [1.807, 2.05) is 18.0 Å². The molecule has 0 aliphatic heterocycles. The molecule has 1 unspecified atom stereocenters. The molecule has 39 heavy (non-hydrogen) atoms. The number of rotatable bonds is 8. The number of nitrogens with zero attached hydrogens (tertiary/aromatic N) is 3. The number of urea groups is 1. The van der Waals surface area contributed by atoms with E-state index in [0.29, 0.717) is 33.7 Å². The molecule has 0 aliphatic rings. The molecule has 1 atom stereocenters. The van der Waals surface area contributed by atoms with Gasteiger partial charge < -0.3 is 25.6 Å². The molecule has 4 rings (SSSR count).